The first-order chi connectivity index (χ1) is 9.08. The third-order valence-corrected chi connectivity index (χ3v) is 2.87. The lowest BCUT2D eigenvalue weighted by Gasteiger charge is -2.08. The van der Waals surface area contributed by atoms with Crippen molar-refractivity contribution in [1.82, 2.24) is 0 Å². The Kier molecular flexibility index (Phi) is 3.97. The largest absolute Gasteiger partial charge is 0.507 e. The zero-order chi connectivity index (χ0) is 13.8. The number of aliphatic hydroxyl groups is 1. The summed E-state index contributed by atoms with van der Waals surface area (Å²) in [5.41, 5.74) is 1.62. The van der Waals surface area contributed by atoms with Crippen molar-refractivity contribution < 1.29 is 15.0 Å². The highest BCUT2D eigenvalue weighted by atomic mass is 16.3. The van der Waals surface area contributed by atoms with Crippen LogP contribution >= 0.6 is 0 Å². The first-order valence-electron chi connectivity index (χ1n) is 6.17. The number of ketones is 1. The Morgan fingerprint density at radius 1 is 1.16 bits per heavy atom. The lowest BCUT2D eigenvalue weighted by molar-refractivity contribution is 0.103. The van der Waals surface area contributed by atoms with Crippen LogP contribution in [0.15, 0.2) is 48.5 Å². The summed E-state index contributed by atoms with van der Waals surface area (Å²) < 4.78 is 0. The number of carbonyl (C=O) groups excluding carboxylic acids is 1. The van der Waals surface area contributed by atoms with Gasteiger partial charge in [0.1, 0.15) is 5.75 Å². The second kappa shape index (κ2) is 5.67. The molecule has 0 aliphatic rings. The number of rotatable bonds is 4. The minimum Gasteiger partial charge on any atom is -0.507 e. The van der Waals surface area contributed by atoms with Crippen LogP contribution in [0.4, 0.5) is 0 Å². The highest BCUT2D eigenvalue weighted by Crippen LogP contribution is 2.22. The van der Waals surface area contributed by atoms with Crippen molar-refractivity contribution in [2.75, 3.05) is 0 Å². The van der Waals surface area contributed by atoms with Gasteiger partial charge in [0.15, 0.2) is 5.78 Å². The fraction of sp³-hybridized carbons (Fsp3) is 0.188. The number of phenols is 1. The van der Waals surface area contributed by atoms with Crippen LogP contribution in [0.3, 0.4) is 0 Å². The third kappa shape index (κ3) is 3.20. The molecule has 0 radical (unpaired) electrons. The van der Waals surface area contributed by atoms with Gasteiger partial charge in [-0.05, 0) is 31.0 Å². The predicted octanol–water partition coefficient (Wildman–Crippen LogP) is 2.55. The second-order valence-electron chi connectivity index (χ2n) is 4.60. The molecule has 0 heterocycles. The molecule has 0 aliphatic carbocycles. The van der Waals surface area contributed by atoms with E-state index in [2.05, 4.69) is 0 Å². The van der Waals surface area contributed by atoms with Gasteiger partial charge in [-0.1, -0.05) is 36.4 Å². The van der Waals surface area contributed by atoms with Crippen molar-refractivity contribution in [3.8, 4) is 5.75 Å². The smallest absolute Gasteiger partial charge is 0.196 e. The highest BCUT2D eigenvalue weighted by Gasteiger charge is 2.13. The molecule has 98 valence electrons. The monoisotopic (exact) mass is 256 g/mol. The van der Waals surface area contributed by atoms with Crippen LogP contribution in [0.1, 0.15) is 28.4 Å². The SMILES string of the molecule is CC(O)Cc1ccc(C(=O)c2ccccc2)c(O)c1. The van der Waals surface area contributed by atoms with E-state index in [-0.39, 0.29) is 17.1 Å². The van der Waals surface area contributed by atoms with Gasteiger partial charge in [0, 0.05) is 5.56 Å². The Labute approximate surface area is 112 Å². The maximum Gasteiger partial charge on any atom is 0.196 e. The summed E-state index contributed by atoms with van der Waals surface area (Å²) in [5, 5.41) is 19.2. The standard InChI is InChI=1S/C16H16O3/c1-11(17)9-12-7-8-14(15(18)10-12)16(19)13-5-3-2-4-6-13/h2-8,10-11,17-18H,9H2,1H3. The maximum atomic E-state index is 12.2. The molecule has 0 spiro atoms. The summed E-state index contributed by atoms with van der Waals surface area (Å²) in [5.74, 6) is -0.256. The van der Waals surface area contributed by atoms with Crippen molar-refractivity contribution in [3.05, 3.63) is 65.2 Å². The average Bonchev–Trinajstić information content (AvgIpc) is 2.38. The number of aliphatic hydroxyl groups excluding tert-OH is 1. The van der Waals surface area contributed by atoms with Gasteiger partial charge in [-0.3, -0.25) is 4.79 Å². The number of aromatic hydroxyl groups is 1. The van der Waals surface area contributed by atoms with Gasteiger partial charge in [0.2, 0.25) is 0 Å². The zero-order valence-corrected chi connectivity index (χ0v) is 10.7. The average molecular weight is 256 g/mol. The maximum absolute atomic E-state index is 12.2. The van der Waals surface area contributed by atoms with Gasteiger partial charge in [0.25, 0.3) is 0 Å². The molecule has 3 nitrogen and oxygen atoms in total. The van der Waals surface area contributed by atoms with Crippen LogP contribution in [-0.4, -0.2) is 22.1 Å². The first-order valence-corrected chi connectivity index (χ1v) is 6.17. The number of benzene rings is 2. The number of phenolic OH excluding ortho intramolecular Hbond substituents is 1. The Morgan fingerprint density at radius 2 is 1.84 bits per heavy atom. The molecule has 2 N–H and O–H groups in total. The van der Waals surface area contributed by atoms with E-state index in [0.29, 0.717) is 12.0 Å². The first kappa shape index (κ1) is 13.3. The second-order valence-corrected chi connectivity index (χ2v) is 4.60. The molecule has 0 saturated heterocycles. The van der Waals surface area contributed by atoms with E-state index < -0.39 is 6.10 Å². The molecule has 0 fully saturated rings. The molecule has 3 heteroatoms. The molecule has 0 amide bonds. The van der Waals surface area contributed by atoms with Gasteiger partial charge in [-0.2, -0.15) is 0 Å². The summed E-state index contributed by atoms with van der Waals surface area (Å²) in [6.45, 7) is 1.68. The van der Waals surface area contributed by atoms with Crippen molar-refractivity contribution >= 4 is 5.78 Å². The van der Waals surface area contributed by atoms with Crippen LogP contribution in [0, 0.1) is 0 Å². The lowest BCUT2D eigenvalue weighted by atomic mass is 9.99. The molecular weight excluding hydrogens is 240 g/mol. The molecule has 2 aromatic rings. The molecule has 1 unspecified atom stereocenters. The van der Waals surface area contributed by atoms with Crippen LogP contribution in [-0.2, 0) is 6.42 Å². The molecule has 2 aromatic carbocycles. The summed E-state index contributed by atoms with van der Waals surface area (Å²) in [7, 11) is 0. The molecule has 0 bridgehead atoms. The van der Waals surface area contributed by atoms with Gasteiger partial charge < -0.3 is 10.2 Å². The van der Waals surface area contributed by atoms with Crippen molar-refractivity contribution in [3.63, 3.8) is 0 Å². The Morgan fingerprint density at radius 3 is 2.42 bits per heavy atom. The molecule has 0 aliphatic heterocycles. The minimum atomic E-state index is -0.477. The fourth-order valence-electron chi connectivity index (χ4n) is 1.98. The third-order valence-electron chi connectivity index (χ3n) is 2.87. The van der Waals surface area contributed by atoms with E-state index in [0.717, 1.165) is 5.56 Å². The summed E-state index contributed by atoms with van der Waals surface area (Å²) in [4.78, 5) is 12.2. The van der Waals surface area contributed by atoms with Crippen molar-refractivity contribution in [2.45, 2.75) is 19.4 Å². The Hall–Kier alpha value is -2.13. The van der Waals surface area contributed by atoms with Crippen LogP contribution < -0.4 is 0 Å². The predicted molar refractivity (Wildman–Crippen MR) is 73.4 cm³/mol. The van der Waals surface area contributed by atoms with E-state index in [1.165, 1.54) is 6.07 Å². The number of carbonyl (C=O) groups is 1. The summed E-state index contributed by atoms with van der Waals surface area (Å²) >= 11 is 0. The molecule has 1 atom stereocenters. The normalized spacial score (nSPS) is 12.1. The van der Waals surface area contributed by atoms with E-state index >= 15 is 0 Å². The van der Waals surface area contributed by atoms with E-state index in [1.54, 1.807) is 43.3 Å². The Balaban J connectivity index is 2.29. The Bertz CT molecular complexity index is 574. The minimum absolute atomic E-state index is 0.0491. The zero-order valence-electron chi connectivity index (χ0n) is 10.7. The lowest BCUT2D eigenvalue weighted by Crippen LogP contribution is -2.06. The van der Waals surface area contributed by atoms with E-state index in [4.69, 9.17) is 0 Å². The quantitative estimate of drug-likeness (QED) is 0.826. The van der Waals surface area contributed by atoms with Crippen molar-refractivity contribution in [1.29, 1.82) is 0 Å². The molecular formula is C16H16O3. The number of hydrogen-bond acceptors (Lipinski definition) is 3. The van der Waals surface area contributed by atoms with Crippen LogP contribution in [0.25, 0.3) is 0 Å². The molecule has 0 aromatic heterocycles. The summed E-state index contributed by atoms with van der Waals surface area (Å²) in [6.07, 6.45) is -0.0250. The molecule has 19 heavy (non-hydrogen) atoms. The van der Waals surface area contributed by atoms with Gasteiger partial charge in [-0.15, -0.1) is 0 Å². The number of hydrogen-bond donors (Lipinski definition) is 2. The van der Waals surface area contributed by atoms with Crippen LogP contribution in [0.2, 0.25) is 0 Å². The summed E-state index contributed by atoms with van der Waals surface area (Å²) in [6, 6.07) is 13.7. The fourth-order valence-corrected chi connectivity index (χ4v) is 1.98. The molecule has 2 rings (SSSR count). The van der Waals surface area contributed by atoms with Gasteiger partial charge >= 0.3 is 0 Å². The van der Waals surface area contributed by atoms with Gasteiger partial charge in [-0.25, -0.2) is 0 Å². The molecule has 0 saturated carbocycles. The van der Waals surface area contributed by atoms with E-state index in [1.807, 2.05) is 6.07 Å². The van der Waals surface area contributed by atoms with Crippen LogP contribution in [0.5, 0.6) is 5.75 Å². The van der Waals surface area contributed by atoms with Crippen molar-refractivity contribution in [2.24, 2.45) is 0 Å². The highest BCUT2D eigenvalue weighted by molar-refractivity contribution is 6.10. The van der Waals surface area contributed by atoms with E-state index in [9.17, 15) is 15.0 Å². The van der Waals surface area contributed by atoms with Gasteiger partial charge in [0.05, 0.1) is 11.7 Å². The topological polar surface area (TPSA) is 57.5 Å².